The number of esters is 2. The summed E-state index contributed by atoms with van der Waals surface area (Å²) < 4.78 is 11.7. The van der Waals surface area contributed by atoms with Crippen LogP contribution in [-0.4, -0.2) is 24.6 Å². The highest BCUT2D eigenvalue weighted by Crippen LogP contribution is 2.24. The molecule has 0 aromatic rings. The van der Waals surface area contributed by atoms with Crippen molar-refractivity contribution in [3.63, 3.8) is 0 Å². The van der Waals surface area contributed by atoms with E-state index in [4.69, 9.17) is 9.47 Å². The van der Waals surface area contributed by atoms with Crippen LogP contribution in [-0.2, 0) is 19.1 Å². The molecule has 0 aliphatic carbocycles. The first kappa shape index (κ1) is 31.9. The van der Waals surface area contributed by atoms with Crippen molar-refractivity contribution in [3.05, 3.63) is 0 Å². The highest BCUT2D eigenvalue weighted by Gasteiger charge is 2.25. The Balaban J connectivity index is 4.87. The summed E-state index contributed by atoms with van der Waals surface area (Å²) >= 11 is 0. The average Bonchev–Trinajstić information content (AvgIpc) is 2.80. The van der Waals surface area contributed by atoms with Crippen LogP contribution in [0.15, 0.2) is 0 Å². The number of carbonyl (C=O) groups is 2. The summed E-state index contributed by atoms with van der Waals surface area (Å²) in [6.45, 7) is 11.3. The molecule has 0 saturated carbocycles. The molecule has 0 fully saturated rings. The van der Waals surface area contributed by atoms with Gasteiger partial charge in [-0.15, -0.1) is 0 Å². The third-order valence-corrected chi connectivity index (χ3v) is 6.57. The topological polar surface area (TPSA) is 52.6 Å². The van der Waals surface area contributed by atoms with Crippen molar-refractivity contribution in [2.24, 2.45) is 11.8 Å². The Morgan fingerprint density at radius 3 is 1.58 bits per heavy atom. The number of hydrogen-bond donors (Lipinski definition) is 0. The van der Waals surface area contributed by atoms with Gasteiger partial charge in [-0.2, -0.15) is 0 Å². The van der Waals surface area contributed by atoms with E-state index >= 15 is 0 Å². The molecule has 2 unspecified atom stereocenters. The third kappa shape index (κ3) is 17.1. The van der Waals surface area contributed by atoms with E-state index in [9.17, 15) is 9.59 Å². The van der Waals surface area contributed by atoms with Gasteiger partial charge in [0.25, 0.3) is 0 Å². The molecule has 0 N–H and O–H groups in total. The Labute approximate surface area is 206 Å². The maximum Gasteiger partial charge on any atom is 0.309 e. The third-order valence-electron chi connectivity index (χ3n) is 6.57. The van der Waals surface area contributed by atoms with Crippen molar-refractivity contribution < 1.29 is 19.1 Å². The van der Waals surface area contributed by atoms with E-state index in [1.165, 1.54) is 38.5 Å². The van der Waals surface area contributed by atoms with E-state index in [0.29, 0.717) is 6.61 Å². The first-order valence-electron chi connectivity index (χ1n) is 14.4. The van der Waals surface area contributed by atoms with Crippen LogP contribution in [0.3, 0.4) is 0 Å². The highest BCUT2D eigenvalue weighted by molar-refractivity contribution is 5.73. The van der Waals surface area contributed by atoms with Gasteiger partial charge in [0.2, 0.25) is 0 Å². The van der Waals surface area contributed by atoms with E-state index in [1.54, 1.807) is 0 Å². The van der Waals surface area contributed by atoms with Crippen LogP contribution >= 0.6 is 0 Å². The largest absolute Gasteiger partial charge is 0.465 e. The minimum Gasteiger partial charge on any atom is -0.465 e. The van der Waals surface area contributed by atoms with Gasteiger partial charge in [0, 0.05) is 0 Å². The molecule has 33 heavy (non-hydrogen) atoms. The Kier molecular flexibility index (Phi) is 22.0. The summed E-state index contributed by atoms with van der Waals surface area (Å²) in [7, 11) is 0. The average molecular weight is 469 g/mol. The Morgan fingerprint density at radius 2 is 1.03 bits per heavy atom. The molecule has 0 saturated heterocycles. The van der Waals surface area contributed by atoms with E-state index in [0.717, 1.165) is 77.0 Å². The lowest BCUT2D eigenvalue weighted by Gasteiger charge is -2.23. The predicted octanol–water partition coefficient (Wildman–Crippen LogP) is 8.80. The van der Waals surface area contributed by atoms with Crippen LogP contribution in [0.1, 0.15) is 150 Å². The van der Waals surface area contributed by atoms with Crippen LogP contribution < -0.4 is 0 Å². The highest BCUT2D eigenvalue weighted by atomic mass is 16.5. The fourth-order valence-corrected chi connectivity index (χ4v) is 4.51. The van der Waals surface area contributed by atoms with Crippen molar-refractivity contribution in [1.82, 2.24) is 0 Å². The lowest BCUT2D eigenvalue weighted by Crippen LogP contribution is -2.26. The molecule has 2 atom stereocenters. The van der Waals surface area contributed by atoms with Crippen LogP contribution in [0.5, 0.6) is 0 Å². The lowest BCUT2D eigenvalue weighted by atomic mass is 9.94. The van der Waals surface area contributed by atoms with Crippen LogP contribution in [0.4, 0.5) is 0 Å². The summed E-state index contributed by atoms with van der Waals surface area (Å²) in [6, 6.07) is 0. The van der Waals surface area contributed by atoms with Gasteiger partial charge < -0.3 is 9.47 Å². The summed E-state index contributed by atoms with van der Waals surface area (Å²) in [6.07, 6.45) is 18.4. The fraction of sp³-hybridized carbons (Fsp3) is 0.931. The zero-order chi connectivity index (χ0) is 24.7. The molecule has 0 rings (SSSR count). The van der Waals surface area contributed by atoms with E-state index in [1.807, 2.05) is 0 Å². The lowest BCUT2D eigenvalue weighted by molar-refractivity contribution is -0.156. The van der Waals surface area contributed by atoms with Gasteiger partial charge in [0.1, 0.15) is 6.10 Å². The van der Waals surface area contributed by atoms with Gasteiger partial charge in [0.15, 0.2) is 0 Å². The zero-order valence-corrected chi connectivity index (χ0v) is 22.8. The molecular weight excluding hydrogens is 412 g/mol. The summed E-state index contributed by atoms with van der Waals surface area (Å²) in [5.41, 5.74) is 0. The normalized spacial score (nSPS) is 13.2. The number of unbranched alkanes of at least 4 members (excludes halogenated alkanes) is 7. The Bertz CT molecular complexity index is 457. The Hall–Kier alpha value is -1.06. The van der Waals surface area contributed by atoms with Gasteiger partial charge in [-0.05, 0) is 51.4 Å². The molecule has 0 aromatic carbocycles. The molecule has 0 spiro atoms. The standard InChI is InChI=1S/C29H56O4/c1-6-11-13-15-16-21-27(33-29(31)25(18-8-3)19-9-4)23-22-26(20-10-5)28(30)32-24-17-14-12-7-2/h25-27H,6-24H2,1-5H3. The zero-order valence-electron chi connectivity index (χ0n) is 22.8. The molecule has 0 aliphatic heterocycles. The molecule has 0 aliphatic rings. The van der Waals surface area contributed by atoms with E-state index in [2.05, 4.69) is 34.6 Å². The molecule has 4 nitrogen and oxygen atoms in total. The molecule has 0 radical (unpaired) electrons. The smallest absolute Gasteiger partial charge is 0.309 e. The minimum absolute atomic E-state index is 0.0158. The number of hydrogen-bond acceptors (Lipinski definition) is 4. The molecule has 0 aromatic heterocycles. The number of ether oxygens (including phenoxy) is 2. The van der Waals surface area contributed by atoms with Gasteiger partial charge in [0.05, 0.1) is 18.4 Å². The number of carbonyl (C=O) groups excluding carboxylic acids is 2. The van der Waals surface area contributed by atoms with Gasteiger partial charge in [-0.1, -0.05) is 98.8 Å². The van der Waals surface area contributed by atoms with E-state index < -0.39 is 0 Å². The Morgan fingerprint density at radius 1 is 0.515 bits per heavy atom. The second-order valence-electron chi connectivity index (χ2n) is 9.83. The quantitative estimate of drug-likeness (QED) is 0.111. The maximum atomic E-state index is 12.9. The monoisotopic (exact) mass is 468 g/mol. The summed E-state index contributed by atoms with van der Waals surface area (Å²) in [5.74, 6) is -0.148. The van der Waals surface area contributed by atoms with Crippen LogP contribution in [0.2, 0.25) is 0 Å². The molecule has 0 bridgehead atoms. The SMILES string of the molecule is CCCCCCCC(CCC(CCC)C(=O)OCCCCCC)OC(=O)C(CCC)CCC. The van der Waals surface area contributed by atoms with E-state index in [-0.39, 0.29) is 29.9 Å². The van der Waals surface area contributed by atoms with Crippen molar-refractivity contribution in [2.45, 2.75) is 156 Å². The first-order chi connectivity index (χ1) is 16.0. The molecular formula is C29H56O4. The van der Waals surface area contributed by atoms with Crippen LogP contribution in [0.25, 0.3) is 0 Å². The van der Waals surface area contributed by atoms with Crippen molar-refractivity contribution >= 4 is 11.9 Å². The number of rotatable bonds is 23. The van der Waals surface area contributed by atoms with Gasteiger partial charge >= 0.3 is 11.9 Å². The predicted molar refractivity (Wildman–Crippen MR) is 139 cm³/mol. The molecule has 0 amide bonds. The molecule has 0 heterocycles. The van der Waals surface area contributed by atoms with Crippen molar-refractivity contribution in [2.75, 3.05) is 6.61 Å². The van der Waals surface area contributed by atoms with Crippen molar-refractivity contribution in [1.29, 1.82) is 0 Å². The van der Waals surface area contributed by atoms with Crippen molar-refractivity contribution in [3.8, 4) is 0 Å². The molecule has 4 heteroatoms. The summed E-state index contributed by atoms with van der Waals surface area (Å²) in [4.78, 5) is 25.6. The van der Waals surface area contributed by atoms with Crippen LogP contribution in [0, 0.1) is 11.8 Å². The summed E-state index contributed by atoms with van der Waals surface area (Å²) in [5, 5.41) is 0. The van der Waals surface area contributed by atoms with Gasteiger partial charge in [-0.3, -0.25) is 9.59 Å². The fourth-order valence-electron chi connectivity index (χ4n) is 4.51. The minimum atomic E-state index is -0.0791. The van der Waals surface area contributed by atoms with Gasteiger partial charge in [-0.25, -0.2) is 0 Å². The second-order valence-corrected chi connectivity index (χ2v) is 9.83. The molecule has 196 valence electrons. The second kappa shape index (κ2) is 22.7. The maximum absolute atomic E-state index is 12.9. The first-order valence-corrected chi connectivity index (χ1v) is 14.4.